The Morgan fingerprint density at radius 2 is 2.16 bits per heavy atom. The average molecular weight is 296 g/mol. The monoisotopic (exact) mass is 295 g/mol. The van der Waals surface area contributed by atoms with E-state index in [9.17, 15) is 4.39 Å². The highest BCUT2D eigenvalue weighted by molar-refractivity contribution is 7.12. The molecule has 0 fully saturated rings. The molecular formula is C14H11ClFNOS. The number of hydrogen-bond acceptors (Lipinski definition) is 3. The lowest BCUT2D eigenvalue weighted by Gasteiger charge is -2.06. The first kappa shape index (κ1) is 13.9. The van der Waals surface area contributed by atoms with Gasteiger partial charge in [0, 0.05) is 4.88 Å². The van der Waals surface area contributed by atoms with Crippen LogP contribution in [0.15, 0.2) is 30.3 Å². The van der Waals surface area contributed by atoms with Gasteiger partial charge in [0.05, 0.1) is 16.4 Å². The zero-order chi connectivity index (χ0) is 13.7. The highest BCUT2D eigenvalue weighted by Gasteiger charge is 2.08. The van der Waals surface area contributed by atoms with Crippen LogP contribution in [0.5, 0.6) is 5.75 Å². The molecule has 0 spiro atoms. The Hall–Kier alpha value is -1.54. The van der Waals surface area contributed by atoms with E-state index in [2.05, 4.69) is 11.8 Å². The van der Waals surface area contributed by atoms with Gasteiger partial charge in [-0.2, -0.15) is 0 Å². The molecule has 2 nitrogen and oxygen atoms in total. The van der Waals surface area contributed by atoms with Crippen molar-refractivity contribution in [2.24, 2.45) is 5.73 Å². The molecule has 2 rings (SSSR count). The maximum absolute atomic E-state index is 13.6. The van der Waals surface area contributed by atoms with E-state index in [0.717, 1.165) is 9.75 Å². The molecule has 0 amide bonds. The van der Waals surface area contributed by atoms with Gasteiger partial charge in [-0.1, -0.05) is 29.5 Å². The Morgan fingerprint density at radius 3 is 2.95 bits per heavy atom. The van der Waals surface area contributed by atoms with Gasteiger partial charge in [-0.15, -0.1) is 11.3 Å². The van der Waals surface area contributed by atoms with Crippen molar-refractivity contribution in [3.05, 3.63) is 50.9 Å². The molecule has 0 bridgehead atoms. The number of nitrogens with two attached hydrogens (primary N) is 1. The number of benzene rings is 1. The minimum Gasteiger partial charge on any atom is -0.485 e. The van der Waals surface area contributed by atoms with Crippen LogP contribution in [0.2, 0.25) is 5.02 Å². The largest absolute Gasteiger partial charge is 0.485 e. The van der Waals surface area contributed by atoms with Crippen molar-refractivity contribution < 1.29 is 9.13 Å². The molecule has 1 aromatic carbocycles. The lowest BCUT2D eigenvalue weighted by Crippen LogP contribution is -1.95. The highest BCUT2D eigenvalue weighted by atomic mass is 35.5. The molecule has 0 aliphatic carbocycles. The zero-order valence-corrected chi connectivity index (χ0v) is 11.5. The predicted molar refractivity (Wildman–Crippen MR) is 76.0 cm³/mol. The molecule has 98 valence electrons. The van der Waals surface area contributed by atoms with Gasteiger partial charge in [-0.3, -0.25) is 0 Å². The summed E-state index contributed by atoms with van der Waals surface area (Å²) < 4.78 is 19.0. The Bertz CT molecular complexity index is 630. The van der Waals surface area contributed by atoms with E-state index >= 15 is 0 Å². The van der Waals surface area contributed by atoms with Crippen LogP contribution in [-0.2, 0) is 6.61 Å². The maximum atomic E-state index is 13.6. The molecule has 19 heavy (non-hydrogen) atoms. The Kier molecular flexibility index (Phi) is 4.80. The molecule has 0 radical (unpaired) electrons. The summed E-state index contributed by atoms with van der Waals surface area (Å²) in [5, 5.41) is 0.0539. The summed E-state index contributed by atoms with van der Waals surface area (Å²) >= 11 is 7.17. The minimum absolute atomic E-state index is 0.0539. The molecule has 0 saturated carbocycles. The molecule has 1 heterocycles. The minimum atomic E-state index is -0.538. The molecular weight excluding hydrogens is 285 g/mol. The summed E-state index contributed by atoms with van der Waals surface area (Å²) in [6, 6.07) is 8.46. The highest BCUT2D eigenvalue weighted by Crippen LogP contribution is 2.25. The lowest BCUT2D eigenvalue weighted by atomic mass is 10.3. The number of hydrogen-bond donors (Lipinski definition) is 1. The quantitative estimate of drug-likeness (QED) is 0.881. The topological polar surface area (TPSA) is 35.2 Å². The average Bonchev–Trinajstić information content (AvgIpc) is 2.86. The summed E-state index contributed by atoms with van der Waals surface area (Å²) in [6.45, 7) is 0.615. The second-order valence-electron chi connectivity index (χ2n) is 3.61. The first-order valence-electron chi connectivity index (χ1n) is 5.55. The Balaban J connectivity index is 2.02. The van der Waals surface area contributed by atoms with Gasteiger partial charge in [-0.25, -0.2) is 4.39 Å². The van der Waals surface area contributed by atoms with Crippen molar-refractivity contribution >= 4 is 22.9 Å². The van der Waals surface area contributed by atoms with Crippen LogP contribution in [0.25, 0.3) is 0 Å². The molecule has 2 N–H and O–H groups in total. The second kappa shape index (κ2) is 6.58. The molecule has 0 aliphatic heterocycles. The third-order valence-electron chi connectivity index (χ3n) is 2.26. The van der Waals surface area contributed by atoms with Gasteiger partial charge in [0.2, 0.25) is 0 Å². The van der Waals surface area contributed by atoms with Crippen LogP contribution >= 0.6 is 22.9 Å². The van der Waals surface area contributed by atoms with Crippen LogP contribution in [0.3, 0.4) is 0 Å². The van der Waals surface area contributed by atoms with E-state index in [0.29, 0.717) is 6.54 Å². The first-order valence-corrected chi connectivity index (χ1v) is 6.74. The predicted octanol–water partition coefficient (Wildman–Crippen LogP) is 3.43. The molecule has 0 aliphatic rings. The summed E-state index contributed by atoms with van der Waals surface area (Å²) in [7, 11) is 0. The summed E-state index contributed by atoms with van der Waals surface area (Å²) in [5.41, 5.74) is 5.30. The van der Waals surface area contributed by atoms with Crippen LogP contribution < -0.4 is 10.5 Å². The van der Waals surface area contributed by atoms with Gasteiger partial charge in [0.1, 0.15) is 6.61 Å². The smallest absolute Gasteiger partial charge is 0.183 e. The maximum Gasteiger partial charge on any atom is 0.183 e. The van der Waals surface area contributed by atoms with Crippen molar-refractivity contribution in [3.8, 4) is 17.6 Å². The lowest BCUT2D eigenvalue weighted by molar-refractivity contribution is 0.293. The van der Waals surface area contributed by atoms with Crippen molar-refractivity contribution in [2.75, 3.05) is 6.54 Å². The standard InChI is InChI=1S/C14H11ClFNOS/c15-12-4-1-5-13(14(12)16)18-9-11-7-6-10(19-11)3-2-8-17/h1,4-7H,8-9,17H2. The van der Waals surface area contributed by atoms with Gasteiger partial charge >= 0.3 is 0 Å². The SMILES string of the molecule is NCC#Cc1ccc(COc2cccc(Cl)c2F)s1. The van der Waals surface area contributed by atoms with Crippen molar-refractivity contribution in [3.63, 3.8) is 0 Å². The molecule has 1 aromatic heterocycles. The van der Waals surface area contributed by atoms with E-state index in [4.69, 9.17) is 22.1 Å². The fourth-order valence-electron chi connectivity index (χ4n) is 1.41. The third kappa shape index (κ3) is 3.71. The fraction of sp³-hybridized carbons (Fsp3) is 0.143. The Morgan fingerprint density at radius 1 is 1.32 bits per heavy atom. The molecule has 2 aromatic rings. The fourth-order valence-corrected chi connectivity index (χ4v) is 2.37. The molecule has 0 unspecified atom stereocenters. The van der Waals surface area contributed by atoms with Crippen LogP contribution in [0, 0.1) is 17.7 Å². The molecule has 5 heteroatoms. The van der Waals surface area contributed by atoms with E-state index in [1.54, 1.807) is 12.1 Å². The second-order valence-corrected chi connectivity index (χ2v) is 5.19. The number of thiophene rings is 1. The third-order valence-corrected chi connectivity index (χ3v) is 3.53. The number of halogens is 2. The van der Waals surface area contributed by atoms with Crippen molar-refractivity contribution in [1.29, 1.82) is 0 Å². The molecule has 0 saturated heterocycles. The van der Waals surface area contributed by atoms with E-state index < -0.39 is 5.82 Å². The van der Waals surface area contributed by atoms with Gasteiger partial charge < -0.3 is 10.5 Å². The van der Waals surface area contributed by atoms with Crippen LogP contribution in [-0.4, -0.2) is 6.54 Å². The van der Waals surface area contributed by atoms with E-state index in [1.165, 1.54) is 17.4 Å². The van der Waals surface area contributed by atoms with Crippen LogP contribution in [0.4, 0.5) is 4.39 Å². The van der Waals surface area contributed by atoms with Crippen molar-refractivity contribution in [2.45, 2.75) is 6.61 Å². The number of rotatable bonds is 3. The van der Waals surface area contributed by atoms with Gasteiger partial charge in [0.15, 0.2) is 11.6 Å². The summed E-state index contributed by atoms with van der Waals surface area (Å²) in [5.74, 6) is 5.32. The zero-order valence-electron chi connectivity index (χ0n) is 9.95. The number of ether oxygens (including phenoxy) is 1. The van der Waals surface area contributed by atoms with E-state index in [-0.39, 0.29) is 17.4 Å². The first-order chi connectivity index (χ1) is 9.20. The molecule has 0 atom stereocenters. The van der Waals surface area contributed by atoms with Crippen LogP contribution in [0.1, 0.15) is 9.75 Å². The summed E-state index contributed by atoms with van der Waals surface area (Å²) in [6.07, 6.45) is 0. The Labute approximate surface area is 120 Å². The van der Waals surface area contributed by atoms with Gasteiger partial charge in [0.25, 0.3) is 0 Å². The van der Waals surface area contributed by atoms with Gasteiger partial charge in [-0.05, 0) is 24.3 Å². The van der Waals surface area contributed by atoms with E-state index in [1.807, 2.05) is 12.1 Å². The summed E-state index contributed by atoms with van der Waals surface area (Å²) in [4.78, 5) is 1.87. The normalized spacial score (nSPS) is 9.84. The van der Waals surface area contributed by atoms with Crippen molar-refractivity contribution in [1.82, 2.24) is 0 Å².